The number of hydrogen-bond donors (Lipinski definition) is 0. The van der Waals surface area contributed by atoms with Gasteiger partial charge in [0.05, 0.1) is 16.6 Å². The summed E-state index contributed by atoms with van der Waals surface area (Å²) in [6, 6.07) is 11.5. The summed E-state index contributed by atoms with van der Waals surface area (Å²) in [5, 5.41) is 0. The number of nitrogens with zero attached hydrogens (tertiary/aromatic N) is 2. The molecule has 3 nitrogen and oxygen atoms in total. The molecule has 3 rings (SSSR count). The Bertz CT molecular complexity index is 896. The number of benzene rings is 2. The minimum absolute atomic E-state index is 0.134. The molecular weight excluding hydrogens is 293 g/mol. The van der Waals surface area contributed by atoms with Gasteiger partial charge in [0.25, 0.3) is 5.56 Å². The largest absolute Gasteiger partial charge is 0.416 e. The molecule has 0 fully saturated rings. The Hall–Kier alpha value is -2.63. The van der Waals surface area contributed by atoms with Gasteiger partial charge in [-0.3, -0.25) is 4.79 Å². The van der Waals surface area contributed by atoms with Gasteiger partial charge in [0.15, 0.2) is 0 Å². The molecule has 22 heavy (non-hydrogen) atoms. The van der Waals surface area contributed by atoms with Gasteiger partial charge >= 0.3 is 6.18 Å². The molecule has 0 radical (unpaired) electrons. The first-order valence-electron chi connectivity index (χ1n) is 6.51. The van der Waals surface area contributed by atoms with E-state index >= 15 is 0 Å². The molecule has 0 unspecified atom stereocenters. The lowest BCUT2D eigenvalue weighted by Crippen LogP contribution is -2.20. The Balaban J connectivity index is 2.18. The Labute approximate surface area is 123 Å². The molecule has 3 aromatic rings. The highest BCUT2D eigenvalue weighted by atomic mass is 19.4. The molecule has 0 aliphatic rings. The first-order chi connectivity index (χ1) is 10.4. The van der Waals surface area contributed by atoms with Gasteiger partial charge in [0.2, 0.25) is 0 Å². The van der Waals surface area contributed by atoms with Crippen molar-refractivity contribution in [2.75, 3.05) is 0 Å². The predicted octanol–water partition coefficient (Wildman–Crippen LogP) is 3.62. The fraction of sp³-hybridized carbons (Fsp3) is 0.125. The van der Waals surface area contributed by atoms with Gasteiger partial charge < -0.3 is 4.57 Å². The average Bonchev–Trinajstić information content (AvgIpc) is 2.50. The summed E-state index contributed by atoms with van der Waals surface area (Å²) < 4.78 is 39.2. The lowest BCUT2D eigenvalue weighted by atomic mass is 10.1. The molecule has 0 aliphatic heterocycles. The third kappa shape index (κ3) is 2.36. The molecule has 0 saturated carbocycles. The molecule has 0 atom stereocenters. The normalized spacial score (nSPS) is 11.8. The minimum atomic E-state index is -4.40. The topological polar surface area (TPSA) is 34.9 Å². The number of halogens is 3. The molecule has 0 bridgehead atoms. The predicted molar refractivity (Wildman–Crippen MR) is 77.4 cm³/mol. The summed E-state index contributed by atoms with van der Waals surface area (Å²) in [5.74, 6) is 0. The molecule has 0 aliphatic carbocycles. The molecule has 6 heteroatoms. The van der Waals surface area contributed by atoms with Crippen molar-refractivity contribution >= 4 is 11.0 Å². The van der Waals surface area contributed by atoms with Gasteiger partial charge in [-0.15, -0.1) is 0 Å². The lowest BCUT2D eigenvalue weighted by Gasteiger charge is -2.09. The van der Waals surface area contributed by atoms with Crippen molar-refractivity contribution in [1.82, 2.24) is 9.55 Å². The van der Waals surface area contributed by atoms with Crippen molar-refractivity contribution in [3.8, 4) is 11.3 Å². The summed E-state index contributed by atoms with van der Waals surface area (Å²) in [6.07, 6.45) is -4.40. The van der Waals surface area contributed by atoms with E-state index in [9.17, 15) is 18.0 Å². The highest BCUT2D eigenvalue weighted by Crippen LogP contribution is 2.30. The molecule has 0 N–H and O–H groups in total. The van der Waals surface area contributed by atoms with E-state index in [0.29, 0.717) is 16.6 Å². The Morgan fingerprint density at radius 3 is 2.27 bits per heavy atom. The standard InChI is InChI=1S/C16H11F3N2O/c1-21-13-5-3-2-4-12(13)20-14(15(21)22)10-6-8-11(9-7-10)16(17,18)19/h2-9H,1H3. The second-order valence-corrected chi connectivity index (χ2v) is 4.89. The zero-order valence-electron chi connectivity index (χ0n) is 11.6. The van der Waals surface area contributed by atoms with Gasteiger partial charge in [0.1, 0.15) is 5.69 Å². The first kappa shape index (κ1) is 14.3. The zero-order chi connectivity index (χ0) is 15.9. The van der Waals surface area contributed by atoms with E-state index in [-0.39, 0.29) is 11.3 Å². The summed E-state index contributed by atoms with van der Waals surface area (Å²) in [6.45, 7) is 0. The molecule has 2 aromatic carbocycles. The van der Waals surface area contributed by atoms with Crippen LogP contribution in [0.15, 0.2) is 53.3 Å². The highest BCUT2D eigenvalue weighted by molar-refractivity contribution is 5.77. The number of aryl methyl sites for hydroxylation is 1. The average molecular weight is 304 g/mol. The van der Waals surface area contributed by atoms with Crippen molar-refractivity contribution < 1.29 is 13.2 Å². The first-order valence-corrected chi connectivity index (χ1v) is 6.51. The molecule has 112 valence electrons. The van der Waals surface area contributed by atoms with E-state index in [1.165, 1.54) is 16.7 Å². The van der Waals surface area contributed by atoms with Crippen LogP contribution in [0.2, 0.25) is 0 Å². The highest BCUT2D eigenvalue weighted by Gasteiger charge is 2.30. The minimum Gasteiger partial charge on any atom is -0.308 e. The number of alkyl halides is 3. The van der Waals surface area contributed by atoms with Crippen molar-refractivity contribution in [1.29, 1.82) is 0 Å². The van der Waals surface area contributed by atoms with Crippen LogP contribution in [-0.4, -0.2) is 9.55 Å². The van der Waals surface area contributed by atoms with Gasteiger partial charge in [-0.25, -0.2) is 4.98 Å². The van der Waals surface area contributed by atoms with Crippen LogP contribution in [0.1, 0.15) is 5.56 Å². The van der Waals surface area contributed by atoms with E-state index in [0.717, 1.165) is 12.1 Å². The Kier molecular flexibility index (Phi) is 3.24. The van der Waals surface area contributed by atoms with Crippen molar-refractivity contribution in [2.24, 2.45) is 7.05 Å². The molecule has 1 aromatic heterocycles. The van der Waals surface area contributed by atoms with Gasteiger partial charge in [-0.2, -0.15) is 13.2 Å². The van der Waals surface area contributed by atoms with E-state index in [4.69, 9.17) is 0 Å². The molecule has 1 heterocycles. The lowest BCUT2D eigenvalue weighted by molar-refractivity contribution is -0.137. The van der Waals surface area contributed by atoms with Crippen LogP contribution in [0.3, 0.4) is 0 Å². The maximum absolute atomic E-state index is 12.6. The maximum atomic E-state index is 12.6. The number of rotatable bonds is 1. The van der Waals surface area contributed by atoms with Crippen molar-refractivity contribution in [2.45, 2.75) is 6.18 Å². The van der Waals surface area contributed by atoms with Crippen molar-refractivity contribution in [3.63, 3.8) is 0 Å². The maximum Gasteiger partial charge on any atom is 0.416 e. The SMILES string of the molecule is Cn1c(=O)c(-c2ccc(C(F)(F)F)cc2)nc2ccccc21. The zero-order valence-corrected chi connectivity index (χ0v) is 11.6. The third-order valence-electron chi connectivity index (χ3n) is 3.47. The number of aromatic nitrogens is 2. The summed E-state index contributed by atoms with van der Waals surface area (Å²) in [4.78, 5) is 16.6. The van der Waals surface area contributed by atoms with E-state index in [1.807, 2.05) is 0 Å². The monoisotopic (exact) mass is 304 g/mol. The second-order valence-electron chi connectivity index (χ2n) is 4.89. The fourth-order valence-corrected chi connectivity index (χ4v) is 2.28. The third-order valence-corrected chi connectivity index (χ3v) is 3.47. The van der Waals surface area contributed by atoms with Crippen LogP contribution in [-0.2, 0) is 13.2 Å². The van der Waals surface area contributed by atoms with Gasteiger partial charge in [-0.05, 0) is 24.3 Å². The Morgan fingerprint density at radius 1 is 1.00 bits per heavy atom. The van der Waals surface area contributed by atoms with Crippen molar-refractivity contribution in [3.05, 3.63) is 64.4 Å². The van der Waals surface area contributed by atoms with Gasteiger partial charge in [0, 0.05) is 12.6 Å². The second kappa shape index (κ2) is 4.98. The van der Waals surface area contributed by atoms with Crippen LogP contribution in [0.25, 0.3) is 22.3 Å². The smallest absolute Gasteiger partial charge is 0.308 e. The van der Waals surface area contributed by atoms with Crippen LogP contribution < -0.4 is 5.56 Å². The summed E-state index contributed by atoms with van der Waals surface area (Å²) >= 11 is 0. The molecule has 0 saturated heterocycles. The van der Waals surface area contributed by atoms with Crippen LogP contribution in [0, 0.1) is 0 Å². The van der Waals surface area contributed by atoms with Gasteiger partial charge in [-0.1, -0.05) is 24.3 Å². The molecule has 0 amide bonds. The molecular formula is C16H11F3N2O. The van der Waals surface area contributed by atoms with Crippen LogP contribution >= 0.6 is 0 Å². The summed E-state index contributed by atoms with van der Waals surface area (Å²) in [5.41, 5.74) is 0.671. The molecule has 0 spiro atoms. The number of para-hydroxylation sites is 2. The number of hydrogen-bond acceptors (Lipinski definition) is 2. The quantitative estimate of drug-likeness (QED) is 0.688. The Morgan fingerprint density at radius 2 is 1.64 bits per heavy atom. The van der Waals surface area contributed by atoms with E-state index < -0.39 is 11.7 Å². The van der Waals surface area contributed by atoms with Crippen LogP contribution in [0.5, 0.6) is 0 Å². The number of fused-ring (bicyclic) bond motifs is 1. The van der Waals surface area contributed by atoms with E-state index in [2.05, 4.69) is 4.98 Å². The fourth-order valence-electron chi connectivity index (χ4n) is 2.28. The summed E-state index contributed by atoms with van der Waals surface area (Å²) in [7, 11) is 1.61. The van der Waals surface area contributed by atoms with E-state index in [1.54, 1.807) is 31.3 Å². The van der Waals surface area contributed by atoms with Crippen LogP contribution in [0.4, 0.5) is 13.2 Å².